The maximum Gasteiger partial charge on any atom is 0 e. The van der Waals surface area contributed by atoms with Gasteiger partial charge in [0.25, 0.3) is 0 Å². The van der Waals surface area contributed by atoms with E-state index in [0.717, 1.165) is 0 Å². The Bertz CT molecular complexity index is 15.5. The van der Waals surface area contributed by atoms with Gasteiger partial charge in [-0.2, -0.15) is 0 Å². The van der Waals surface area contributed by atoms with E-state index in [0.29, 0.717) is 0 Å². The fraction of sp³-hybridized carbons (Fsp3) is 0. The predicted octanol–water partition coefficient (Wildman–Crippen LogP) is -3.47. The Labute approximate surface area is 105 Å². The Kier molecular flexibility index (Phi) is 437. The summed E-state index contributed by atoms with van der Waals surface area (Å²) in [4.78, 5) is 0. The number of hydrogen-bond donors (Lipinski definition) is 0. The fourth-order valence-electron chi connectivity index (χ4n) is 0. The van der Waals surface area contributed by atoms with Gasteiger partial charge in [-0.25, -0.2) is 0 Å². The average Bonchev–Trinajstić information content (AvgIpc) is 0. The van der Waals surface area contributed by atoms with E-state index in [1.807, 2.05) is 0 Å². The van der Waals surface area contributed by atoms with Crippen molar-refractivity contribution in [2.45, 2.75) is 0 Å². The molecule has 0 fully saturated rings. The van der Waals surface area contributed by atoms with Crippen molar-refractivity contribution < 1.29 is 55.5 Å². The van der Waals surface area contributed by atoms with Crippen molar-refractivity contribution >= 4 is 51.4 Å². The molecule has 0 aromatic rings. The van der Waals surface area contributed by atoms with Gasteiger partial charge in [0.1, 0.15) is 0 Å². The van der Waals surface area contributed by atoms with Crippen molar-refractivity contribution in [1.82, 2.24) is 0 Å². The van der Waals surface area contributed by atoms with Crippen LogP contribution in [0.5, 0.6) is 0 Å². The topological polar surface area (TPSA) is 30.0 Å². The van der Waals surface area contributed by atoms with Gasteiger partial charge in [0.05, 0.1) is 0 Å². The first-order chi connectivity index (χ1) is 0. The van der Waals surface area contributed by atoms with Crippen LogP contribution in [0.1, 0.15) is 0 Å². The molecule has 0 aromatic carbocycles. The van der Waals surface area contributed by atoms with Crippen molar-refractivity contribution in [1.29, 1.82) is 0 Å². The van der Waals surface area contributed by atoms with Crippen LogP contribution in [-0.2, 0) is 50.1 Å². The Hall–Kier alpha value is 3.11. The molecule has 0 bridgehead atoms. The summed E-state index contributed by atoms with van der Waals surface area (Å²) in [6.07, 6.45) is 0. The first-order valence-electron chi connectivity index (χ1n) is 0. The molecule has 0 rings (SSSR count). The zero-order chi connectivity index (χ0) is 0. The Morgan fingerprint density at radius 2 is 1.00 bits per heavy atom. The van der Waals surface area contributed by atoms with E-state index < -0.39 is 0 Å². The molecule has 1 N–H and O–H groups in total. The van der Waals surface area contributed by atoms with Gasteiger partial charge in [0.2, 0.25) is 0 Å². The molecule has 0 aliphatic carbocycles. The molecule has 0 atom stereocenters. The van der Waals surface area contributed by atoms with E-state index in [4.69, 9.17) is 0 Å². The van der Waals surface area contributed by atoms with Crippen LogP contribution >= 0.6 is 0 Å². The molecule has 6 heteroatoms. The van der Waals surface area contributed by atoms with Gasteiger partial charge in [-0.05, 0) is 11.0 Å². The summed E-state index contributed by atoms with van der Waals surface area (Å²) in [5.74, 6) is 0. The van der Waals surface area contributed by atoms with Crippen LogP contribution in [0.2, 0.25) is 0 Å². The van der Waals surface area contributed by atoms with E-state index >= 15 is 0 Å². The normalized spacial score (nSPS) is 0. The fourth-order valence-corrected chi connectivity index (χ4v) is 0. The van der Waals surface area contributed by atoms with Gasteiger partial charge < -0.3 is 5.48 Å². The second kappa shape index (κ2) is 42.4. The summed E-state index contributed by atoms with van der Waals surface area (Å²) < 4.78 is 0. The Balaban J connectivity index is 0. The molecule has 0 saturated heterocycles. The van der Waals surface area contributed by atoms with Crippen LogP contribution < -0.4 is 0 Å². The van der Waals surface area contributed by atoms with E-state index in [1.165, 1.54) is 0 Å². The van der Waals surface area contributed by atoms with Gasteiger partial charge in [-0.3, -0.25) is 0 Å². The van der Waals surface area contributed by atoms with Crippen LogP contribution in [0.4, 0.5) is 0 Å². The SMILES string of the molecule is [AlH3].[Cr].[MgH+].[OH-].[SiH4].[Y]. The standard InChI is InChI=1S/Al.Cr.Mg.H2O.H4Si.Y.4H/h;;;1H2;1H4;;;;;/q;;+1;;;;;;;/p-1. The third-order valence-electron chi connectivity index (χ3n) is 0. The average molecular weight is 245 g/mol. The predicted molar refractivity (Wildman–Crippen MR) is 30.4 cm³/mol. The molecule has 0 spiro atoms. The van der Waals surface area contributed by atoms with E-state index in [2.05, 4.69) is 0 Å². The minimum absolute atomic E-state index is 0. The molecule has 0 saturated carbocycles. The molecule has 0 aromatic heterocycles. The van der Waals surface area contributed by atoms with E-state index in [-0.39, 0.29) is 107 Å². The summed E-state index contributed by atoms with van der Waals surface area (Å²) in [6, 6.07) is 0. The largest absolute Gasteiger partial charge is 0.870 e. The van der Waals surface area contributed by atoms with Crippen molar-refractivity contribution in [3.05, 3.63) is 0 Å². The summed E-state index contributed by atoms with van der Waals surface area (Å²) in [5.41, 5.74) is 0. The van der Waals surface area contributed by atoms with E-state index in [9.17, 15) is 0 Å². The molecule has 33 valence electrons. The van der Waals surface area contributed by atoms with Crippen LogP contribution in [0, 0.1) is 0 Å². The van der Waals surface area contributed by atoms with Crippen LogP contribution in [0.25, 0.3) is 0 Å². The maximum absolute atomic E-state index is 0. The second-order valence-electron chi connectivity index (χ2n) is 0. The minimum Gasteiger partial charge on any atom is -0.870 e. The summed E-state index contributed by atoms with van der Waals surface area (Å²) in [7, 11) is 0. The van der Waals surface area contributed by atoms with Gasteiger partial charge in [0, 0.05) is 50.1 Å². The molecule has 1 radical (unpaired) electrons. The van der Waals surface area contributed by atoms with Crippen molar-refractivity contribution in [3.8, 4) is 0 Å². The minimum atomic E-state index is 0. The molecule has 0 amide bonds. The number of hydrogen-bond acceptors (Lipinski definition) is 1. The van der Waals surface area contributed by atoms with Crippen LogP contribution in [0.15, 0.2) is 0 Å². The van der Waals surface area contributed by atoms with Crippen molar-refractivity contribution in [2.75, 3.05) is 0 Å². The molecule has 1 nitrogen and oxygen atoms in total. The van der Waals surface area contributed by atoms with Crippen molar-refractivity contribution in [2.24, 2.45) is 0 Å². The second-order valence-corrected chi connectivity index (χ2v) is 0. The molecule has 0 aliphatic heterocycles. The molecule has 0 heterocycles. The maximum atomic E-state index is 0. The smallest absolute Gasteiger partial charge is 0 e. The quantitative estimate of drug-likeness (QED) is 0.408. The Morgan fingerprint density at radius 3 is 1.00 bits per heavy atom. The van der Waals surface area contributed by atoms with E-state index in [1.54, 1.807) is 0 Å². The van der Waals surface area contributed by atoms with Crippen LogP contribution in [-0.4, -0.2) is 56.9 Å². The molecular weight excluding hydrogens is 236 g/mol. The molecular formula is H9AlCrMgOSiY. The van der Waals surface area contributed by atoms with Gasteiger partial charge in [-0.15, -0.1) is 0 Å². The third kappa shape index (κ3) is 27.4. The van der Waals surface area contributed by atoms with Gasteiger partial charge in [0.15, 0.2) is 17.4 Å². The Morgan fingerprint density at radius 1 is 1.00 bits per heavy atom. The first kappa shape index (κ1) is 61.9. The summed E-state index contributed by atoms with van der Waals surface area (Å²) in [6.45, 7) is 0. The summed E-state index contributed by atoms with van der Waals surface area (Å²) in [5, 5.41) is 0. The third-order valence-corrected chi connectivity index (χ3v) is 0. The zero-order valence-corrected chi connectivity index (χ0v) is 8.55. The first-order valence-corrected chi connectivity index (χ1v) is 0. The monoisotopic (exact) mass is 245 g/mol. The zero-order valence-electron chi connectivity index (χ0n) is 2.43. The number of rotatable bonds is 0. The summed E-state index contributed by atoms with van der Waals surface area (Å²) >= 11 is 0. The van der Waals surface area contributed by atoms with Gasteiger partial charge in [-0.1, -0.05) is 0 Å². The molecule has 0 unspecified atom stereocenters. The van der Waals surface area contributed by atoms with Crippen molar-refractivity contribution in [3.63, 3.8) is 0 Å². The van der Waals surface area contributed by atoms with Gasteiger partial charge >= 0.3 is 23.1 Å². The molecule has 6 heavy (non-hydrogen) atoms. The van der Waals surface area contributed by atoms with Crippen LogP contribution in [0.3, 0.4) is 0 Å². The molecule has 0 aliphatic rings.